The number of H-pyrrole nitrogens is 1. The summed E-state index contributed by atoms with van der Waals surface area (Å²) in [6.07, 6.45) is 3.71. The second-order valence-electron chi connectivity index (χ2n) is 13.8. The molecule has 14 heteroatoms. The number of nitrogens with zero attached hydrogens (tertiary/aromatic N) is 6. The van der Waals surface area contributed by atoms with E-state index in [-0.39, 0.29) is 54.5 Å². The number of pyridine rings is 3. The van der Waals surface area contributed by atoms with Crippen LogP contribution in [0.5, 0.6) is 0 Å². The van der Waals surface area contributed by atoms with Gasteiger partial charge in [-0.2, -0.15) is 5.10 Å². The van der Waals surface area contributed by atoms with Gasteiger partial charge < -0.3 is 14.5 Å². The molecule has 5 aromatic rings. The molecule has 1 amide bonds. The summed E-state index contributed by atoms with van der Waals surface area (Å²) >= 11 is 0. The first-order valence-electron chi connectivity index (χ1n) is 16.1. The normalized spacial score (nSPS) is 14.3. The molecule has 1 N–H and O–H groups in total. The number of aromatic amines is 1. The first kappa shape index (κ1) is 34.0. The average molecular weight is 690 g/mol. The van der Waals surface area contributed by atoms with Crippen molar-refractivity contribution in [2.75, 3.05) is 37.3 Å². The van der Waals surface area contributed by atoms with Crippen LogP contribution < -0.4 is 10.5 Å². The Morgan fingerprint density at radius 2 is 1.71 bits per heavy atom. The number of nitrogens with one attached hydrogen (secondary N) is 1. The molecule has 1 fully saturated rings. The van der Waals surface area contributed by atoms with Gasteiger partial charge in [0.05, 0.1) is 28.8 Å². The number of anilines is 1. The second-order valence-corrected chi connectivity index (χ2v) is 15.8. The molecule has 0 aliphatic carbocycles. The summed E-state index contributed by atoms with van der Waals surface area (Å²) in [5.41, 5.74) is 2.13. The number of halogens is 1. The molecule has 1 saturated heterocycles. The third-order valence-electron chi connectivity index (χ3n) is 8.65. The van der Waals surface area contributed by atoms with Crippen LogP contribution in [0.25, 0.3) is 38.9 Å². The van der Waals surface area contributed by atoms with Gasteiger partial charge in [-0.1, -0.05) is 19.9 Å². The lowest BCUT2D eigenvalue weighted by atomic mass is 9.99. The Hall–Kier alpha value is -4.85. The maximum absolute atomic E-state index is 16.6. The summed E-state index contributed by atoms with van der Waals surface area (Å²) in [5.74, 6) is -0.851. The summed E-state index contributed by atoms with van der Waals surface area (Å²) in [7, 11) is -4.20. The fraction of sp³-hybridized carbons (Fsp3) is 0.400. The summed E-state index contributed by atoms with van der Waals surface area (Å²) in [6.45, 7) is 13.6. The van der Waals surface area contributed by atoms with Crippen LogP contribution in [0.4, 0.5) is 14.9 Å². The zero-order valence-corrected chi connectivity index (χ0v) is 29.7. The molecular formula is C35H40FN7O5S. The van der Waals surface area contributed by atoms with E-state index >= 15 is 4.39 Å². The van der Waals surface area contributed by atoms with Gasteiger partial charge in [-0.25, -0.2) is 22.6 Å². The molecule has 4 aromatic heterocycles. The van der Waals surface area contributed by atoms with Gasteiger partial charge in [-0.15, -0.1) is 0 Å². The molecule has 5 heterocycles. The van der Waals surface area contributed by atoms with E-state index in [1.807, 2.05) is 39.8 Å². The van der Waals surface area contributed by atoms with Crippen LogP contribution in [0.1, 0.15) is 57.4 Å². The number of sulfone groups is 1. The highest BCUT2D eigenvalue weighted by atomic mass is 32.2. The molecule has 12 nitrogen and oxygen atoms in total. The van der Waals surface area contributed by atoms with Crippen LogP contribution in [0, 0.1) is 19.7 Å². The van der Waals surface area contributed by atoms with Crippen molar-refractivity contribution in [3.63, 3.8) is 0 Å². The van der Waals surface area contributed by atoms with Crippen molar-refractivity contribution in [2.45, 2.75) is 64.9 Å². The molecule has 0 radical (unpaired) electrons. The van der Waals surface area contributed by atoms with E-state index in [2.05, 4.69) is 15.2 Å². The Morgan fingerprint density at radius 3 is 2.35 bits per heavy atom. The van der Waals surface area contributed by atoms with Crippen molar-refractivity contribution in [1.82, 2.24) is 29.6 Å². The van der Waals surface area contributed by atoms with Crippen LogP contribution in [-0.4, -0.2) is 82.2 Å². The highest BCUT2D eigenvalue weighted by Gasteiger charge is 2.34. The Balaban J connectivity index is 1.68. The van der Waals surface area contributed by atoms with Gasteiger partial charge in [0.25, 0.3) is 5.56 Å². The quantitative estimate of drug-likeness (QED) is 0.247. The fourth-order valence-electron chi connectivity index (χ4n) is 6.44. The standard InChI is InChI=1S/C35H40FN7O5S/c1-19(2)27-29(21(4)11-12-37-27)43-32-22(17-24(36)28(39-32)26-20(3)9-10-25-23(26)18-38-40-25)30(31(33(43)44)49(8,46)47)41-13-15-42(16-14-41)34(45)48-35(5,6)7/h9-12,17-19H,13-16H2,1-8H3,(H,38,40). The molecule has 49 heavy (non-hydrogen) atoms. The van der Waals surface area contributed by atoms with Gasteiger partial charge >= 0.3 is 6.09 Å². The molecule has 0 saturated carbocycles. The maximum atomic E-state index is 16.6. The Bertz CT molecular complexity index is 2300. The molecule has 6 rings (SSSR count). The molecule has 0 bridgehead atoms. The number of piperazine rings is 1. The number of rotatable bonds is 5. The van der Waals surface area contributed by atoms with Crippen molar-refractivity contribution in [3.8, 4) is 16.9 Å². The topological polar surface area (TPSA) is 143 Å². The number of aryl methyl sites for hydroxylation is 2. The first-order valence-corrected chi connectivity index (χ1v) is 18.0. The molecule has 1 aliphatic rings. The van der Waals surface area contributed by atoms with Gasteiger partial charge in [0.2, 0.25) is 0 Å². The lowest BCUT2D eigenvalue weighted by Crippen LogP contribution is -2.50. The zero-order chi connectivity index (χ0) is 35.6. The average Bonchev–Trinajstić information content (AvgIpc) is 3.48. The number of hydrogen-bond donors (Lipinski definition) is 1. The Labute approximate surface area is 283 Å². The number of ether oxygens (including phenoxy) is 1. The first-order chi connectivity index (χ1) is 23.0. The smallest absolute Gasteiger partial charge is 0.410 e. The molecule has 0 atom stereocenters. The van der Waals surface area contributed by atoms with Crippen molar-refractivity contribution in [1.29, 1.82) is 0 Å². The van der Waals surface area contributed by atoms with Gasteiger partial charge in [0.15, 0.2) is 20.4 Å². The number of aromatic nitrogens is 5. The molecular weight excluding hydrogens is 649 g/mol. The van der Waals surface area contributed by atoms with E-state index in [1.54, 1.807) is 44.1 Å². The van der Waals surface area contributed by atoms with Crippen LogP contribution in [0.2, 0.25) is 0 Å². The molecule has 1 aromatic carbocycles. The van der Waals surface area contributed by atoms with Gasteiger partial charge in [0.1, 0.15) is 17.1 Å². The van der Waals surface area contributed by atoms with E-state index in [1.165, 1.54) is 15.5 Å². The summed E-state index contributed by atoms with van der Waals surface area (Å²) in [4.78, 5) is 39.9. The van der Waals surface area contributed by atoms with Gasteiger partial charge in [0, 0.05) is 55.0 Å². The van der Waals surface area contributed by atoms with Crippen LogP contribution in [0.15, 0.2) is 46.3 Å². The van der Waals surface area contributed by atoms with Gasteiger partial charge in [-0.05, 0) is 69.9 Å². The minimum absolute atomic E-state index is 0.00871. The minimum Gasteiger partial charge on any atom is -0.444 e. The highest BCUT2D eigenvalue weighted by Crippen LogP contribution is 2.39. The molecule has 0 unspecified atom stereocenters. The van der Waals surface area contributed by atoms with Crippen molar-refractivity contribution in [3.05, 3.63) is 69.7 Å². The number of carbonyl (C=O) groups is 1. The summed E-state index contributed by atoms with van der Waals surface area (Å²) in [6, 6.07) is 6.68. The largest absolute Gasteiger partial charge is 0.444 e. The number of benzene rings is 1. The van der Waals surface area contributed by atoms with Crippen molar-refractivity contribution in [2.24, 2.45) is 0 Å². The maximum Gasteiger partial charge on any atom is 0.410 e. The number of hydrogen-bond acceptors (Lipinski definition) is 9. The molecule has 258 valence electrons. The van der Waals surface area contributed by atoms with Crippen LogP contribution in [-0.2, 0) is 14.6 Å². The fourth-order valence-corrected chi connectivity index (χ4v) is 7.44. The second kappa shape index (κ2) is 12.2. The monoisotopic (exact) mass is 689 g/mol. The van der Waals surface area contributed by atoms with E-state index in [0.717, 1.165) is 11.8 Å². The third kappa shape index (κ3) is 6.13. The zero-order valence-electron chi connectivity index (χ0n) is 28.9. The van der Waals surface area contributed by atoms with Gasteiger partial charge in [-0.3, -0.25) is 19.4 Å². The van der Waals surface area contributed by atoms with Crippen LogP contribution >= 0.6 is 0 Å². The Morgan fingerprint density at radius 1 is 1.02 bits per heavy atom. The lowest BCUT2D eigenvalue weighted by molar-refractivity contribution is 0.0240. The highest BCUT2D eigenvalue weighted by molar-refractivity contribution is 7.90. The number of amides is 1. The van der Waals surface area contributed by atoms with E-state index < -0.39 is 37.8 Å². The number of fused-ring (bicyclic) bond motifs is 2. The van der Waals surface area contributed by atoms with Crippen molar-refractivity contribution < 1.29 is 22.3 Å². The van der Waals surface area contributed by atoms with Crippen LogP contribution in [0.3, 0.4) is 0 Å². The lowest BCUT2D eigenvalue weighted by Gasteiger charge is -2.37. The van der Waals surface area contributed by atoms with Crippen molar-refractivity contribution >= 4 is 43.6 Å². The molecule has 0 spiro atoms. The van der Waals surface area contributed by atoms with E-state index in [9.17, 15) is 18.0 Å². The number of carbonyl (C=O) groups excluding carboxylic acids is 1. The summed E-state index contributed by atoms with van der Waals surface area (Å²) < 4.78 is 50.7. The SMILES string of the molecule is Cc1ccnc(C(C)C)c1-n1c(=O)c(S(C)(=O)=O)c(N2CCN(C(=O)OC(C)(C)C)CC2)c2cc(F)c(-c3c(C)ccc4[nH]ncc34)nc21. The van der Waals surface area contributed by atoms with E-state index in [0.29, 0.717) is 33.4 Å². The minimum atomic E-state index is -4.20. The van der Waals surface area contributed by atoms with E-state index in [4.69, 9.17) is 9.72 Å². The summed E-state index contributed by atoms with van der Waals surface area (Å²) in [5, 5.41) is 7.84. The third-order valence-corrected chi connectivity index (χ3v) is 9.76. The predicted molar refractivity (Wildman–Crippen MR) is 187 cm³/mol. The predicted octanol–water partition coefficient (Wildman–Crippen LogP) is 5.66. The molecule has 1 aliphatic heterocycles. The Kier molecular flexibility index (Phi) is 8.50.